The summed E-state index contributed by atoms with van der Waals surface area (Å²) >= 11 is 11.6. The molecule has 1 rings (SSSR count). The largest absolute Gasteiger partial charge is 0.370 e. The molecule has 1 unspecified atom stereocenters. The van der Waals surface area contributed by atoms with Crippen LogP contribution in [0.4, 0.5) is 0 Å². The van der Waals surface area contributed by atoms with Gasteiger partial charge in [0.15, 0.2) is 0 Å². The summed E-state index contributed by atoms with van der Waals surface area (Å²) in [5.41, 5.74) is 10.9. The summed E-state index contributed by atoms with van der Waals surface area (Å²) in [4.78, 5) is 22.0. The van der Waals surface area contributed by atoms with Gasteiger partial charge in [0, 0.05) is 6.42 Å². The van der Waals surface area contributed by atoms with Crippen LogP contribution in [0.25, 0.3) is 0 Å². The minimum absolute atomic E-state index is 0.0911. The highest BCUT2D eigenvalue weighted by atomic mass is 35.5. The topological polar surface area (TPSA) is 86.2 Å². The fraction of sp³-hybridized carbons (Fsp3) is 0.273. The molecular formula is C11H12Cl2N2O2. The van der Waals surface area contributed by atoms with Crippen molar-refractivity contribution in [3.63, 3.8) is 0 Å². The van der Waals surface area contributed by atoms with E-state index in [9.17, 15) is 9.59 Å². The van der Waals surface area contributed by atoms with Crippen LogP contribution in [0.5, 0.6) is 0 Å². The Kier molecular flexibility index (Phi) is 4.78. The van der Waals surface area contributed by atoms with E-state index in [1.165, 1.54) is 0 Å². The summed E-state index contributed by atoms with van der Waals surface area (Å²) in [6.07, 6.45) is 0.358. The molecule has 6 heteroatoms. The normalized spacial score (nSPS) is 12.1. The molecule has 0 saturated carbocycles. The first-order valence-electron chi connectivity index (χ1n) is 4.94. The molecule has 92 valence electrons. The first-order valence-corrected chi connectivity index (χ1v) is 5.70. The van der Waals surface area contributed by atoms with Crippen LogP contribution in [-0.2, 0) is 9.59 Å². The maximum Gasteiger partial charge on any atom is 0.224 e. The first-order chi connectivity index (χ1) is 7.91. The van der Waals surface area contributed by atoms with Crippen molar-refractivity contribution in [2.45, 2.75) is 18.8 Å². The molecule has 0 heterocycles. The van der Waals surface area contributed by atoms with E-state index in [0.29, 0.717) is 15.6 Å². The van der Waals surface area contributed by atoms with E-state index in [1.54, 1.807) is 18.2 Å². The fourth-order valence-corrected chi connectivity index (χ4v) is 1.80. The van der Waals surface area contributed by atoms with Crippen molar-refractivity contribution in [1.82, 2.24) is 0 Å². The lowest BCUT2D eigenvalue weighted by atomic mass is 9.93. The Morgan fingerprint density at radius 2 is 1.82 bits per heavy atom. The highest BCUT2D eigenvalue weighted by molar-refractivity contribution is 6.42. The van der Waals surface area contributed by atoms with Crippen LogP contribution in [0.3, 0.4) is 0 Å². The third-order valence-electron chi connectivity index (χ3n) is 2.37. The molecule has 0 aliphatic rings. The molecule has 1 atom stereocenters. The van der Waals surface area contributed by atoms with Crippen LogP contribution in [0.1, 0.15) is 24.3 Å². The number of carbonyl (C=O) groups is 2. The summed E-state index contributed by atoms with van der Waals surface area (Å²) in [6.45, 7) is 0. The summed E-state index contributed by atoms with van der Waals surface area (Å²) in [6, 6.07) is 4.81. The molecule has 0 radical (unpaired) electrons. The van der Waals surface area contributed by atoms with Gasteiger partial charge in [0.2, 0.25) is 11.8 Å². The predicted octanol–water partition coefficient (Wildman–Crippen LogP) is 1.83. The highest BCUT2D eigenvalue weighted by Gasteiger charge is 2.19. The number of hydrogen-bond donors (Lipinski definition) is 2. The number of primary amides is 2. The van der Waals surface area contributed by atoms with Gasteiger partial charge in [0.25, 0.3) is 0 Å². The molecule has 1 aromatic rings. The number of halogens is 2. The number of nitrogens with two attached hydrogens (primary N) is 2. The predicted molar refractivity (Wildman–Crippen MR) is 66.8 cm³/mol. The van der Waals surface area contributed by atoms with E-state index in [4.69, 9.17) is 34.7 Å². The molecule has 4 nitrogen and oxygen atoms in total. The number of rotatable bonds is 5. The molecular weight excluding hydrogens is 263 g/mol. The van der Waals surface area contributed by atoms with Crippen LogP contribution >= 0.6 is 23.2 Å². The molecule has 0 aromatic heterocycles. The smallest absolute Gasteiger partial charge is 0.224 e. The fourth-order valence-electron chi connectivity index (χ4n) is 1.49. The van der Waals surface area contributed by atoms with Gasteiger partial charge in [-0.05, 0) is 24.1 Å². The van der Waals surface area contributed by atoms with E-state index in [2.05, 4.69) is 0 Å². The number of carbonyl (C=O) groups excluding carboxylic acids is 2. The Morgan fingerprint density at radius 3 is 2.29 bits per heavy atom. The molecule has 2 amide bonds. The Bertz CT molecular complexity index is 449. The van der Waals surface area contributed by atoms with Gasteiger partial charge in [-0.15, -0.1) is 0 Å². The van der Waals surface area contributed by atoms with E-state index in [0.717, 1.165) is 0 Å². The SMILES string of the molecule is NC(=O)CCC(C(N)=O)c1ccc(Cl)c(Cl)c1. The maximum atomic E-state index is 11.3. The molecule has 4 N–H and O–H groups in total. The summed E-state index contributed by atoms with van der Waals surface area (Å²) < 4.78 is 0. The Hall–Kier alpha value is -1.26. The van der Waals surface area contributed by atoms with Crippen molar-refractivity contribution >= 4 is 35.0 Å². The van der Waals surface area contributed by atoms with Gasteiger partial charge < -0.3 is 11.5 Å². The van der Waals surface area contributed by atoms with Crippen molar-refractivity contribution in [2.75, 3.05) is 0 Å². The van der Waals surface area contributed by atoms with E-state index in [-0.39, 0.29) is 12.8 Å². The quantitative estimate of drug-likeness (QED) is 0.858. The van der Waals surface area contributed by atoms with Crippen molar-refractivity contribution in [3.8, 4) is 0 Å². The molecule has 0 spiro atoms. The zero-order valence-electron chi connectivity index (χ0n) is 8.95. The Balaban J connectivity index is 2.93. The summed E-state index contributed by atoms with van der Waals surface area (Å²) in [7, 11) is 0. The molecule has 0 bridgehead atoms. The molecule has 1 aromatic carbocycles. The van der Waals surface area contributed by atoms with Gasteiger partial charge in [-0.2, -0.15) is 0 Å². The second-order valence-corrected chi connectivity index (χ2v) is 4.45. The van der Waals surface area contributed by atoms with Crippen molar-refractivity contribution in [2.24, 2.45) is 11.5 Å². The lowest BCUT2D eigenvalue weighted by Crippen LogP contribution is -2.23. The molecule has 17 heavy (non-hydrogen) atoms. The van der Waals surface area contributed by atoms with Crippen LogP contribution in [0.2, 0.25) is 10.0 Å². The minimum atomic E-state index is -0.586. The molecule has 0 aliphatic carbocycles. The zero-order valence-corrected chi connectivity index (χ0v) is 10.5. The highest BCUT2D eigenvalue weighted by Crippen LogP contribution is 2.28. The van der Waals surface area contributed by atoms with E-state index >= 15 is 0 Å². The van der Waals surface area contributed by atoms with Gasteiger partial charge in [-0.25, -0.2) is 0 Å². The molecule has 0 fully saturated rings. The van der Waals surface area contributed by atoms with Gasteiger partial charge in [0.05, 0.1) is 16.0 Å². The van der Waals surface area contributed by atoms with Crippen molar-refractivity contribution in [1.29, 1.82) is 0 Å². The number of benzene rings is 1. The monoisotopic (exact) mass is 274 g/mol. The van der Waals surface area contributed by atoms with Crippen LogP contribution in [-0.4, -0.2) is 11.8 Å². The van der Waals surface area contributed by atoms with E-state index < -0.39 is 17.7 Å². The van der Waals surface area contributed by atoms with Crippen molar-refractivity contribution in [3.05, 3.63) is 33.8 Å². The lowest BCUT2D eigenvalue weighted by molar-refractivity contribution is -0.120. The van der Waals surface area contributed by atoms with Gasteiger partial charge in [-0.1, -0.05) is 29.3 Å². The number of hydrogen-bond acceptors (Lipinski definition) is 2. The average Bonchev–Trinajstić information content (AvgIpc) is 2.22. The molecule has 0 aliphatic heterocycles. The first kappa shape index (κ1) is 13.8. The Morgan fingerprint density at radius 1 is 1.18 bits per heavy atom. The molecule has 0 saturated heterocycles. The van der Waals surface area contributed by atoms with E-state index in [1.807, 2.05) is 0 Å². The summed E-state index contributed by atoms with van der Waals surface area (Å²) in [5, 5.41) is 0.739. The van der Waals surface area contributed by atoms with Crippen LogP contribution in [0.15, 0.2) is 18.2 Å². The zero-order chi connectivity index (χ0) is 13.0. The van der Waals surface area contributed by atoms with Crippen molar-refractivity contribution < 1.29 is 9.59 Å². The van der Waals surface area contributed by atoms with Crippen LogP contribution in [0, 0.1) is 0 Å². The second kappa shape index (κ2) is 5.89. The number of amides is 2. The third kappa shape index (κ3) is 3.91. The standard InChI is InChI=1S/C11H12Cl2N2O2/c12-8-3-1-6(5-9(8)13)7(11(15)17)2-4-10(14)16/h1,3,5,7H,2,4H2,(H2,14,16)(H2,15,17). The maximum absolute atomic E-state index is 11.3. The van der Waals surface area contributed by atoms with Crippen LogP contribution < -0.4 is 11.5 Å². The second-order valence-electron chi connectivity index (χ2n) is 3.63. The third-order valence-corrected chi connectivity index (χ3v) is 3.11. The summed E-state index contributed by atoms with van der Waals surface area (Å²) in [5.74, 6) is -1.58. The van der Waals surface area contributed by atoms with Gasteiger partial charge in [0.1, 0.15) is 0 Å². The minimum Gasteiger partial charge on any atom is -0.370 e. The lowest BCUT2D eigenvalue weighted by Gasteiger charge is -2.13. The van der Waals surface area contributed by atoms with Gasteiger partial charge in [-0.3, -0.25) is 9.59 Å². The average molecular weight is 275 g/mol. The van der Waals surface area contributed by atoms with Gasteiger partial charge >= 0.3 is 0 Å². The Labute approximate surface area is 109 Å².